The predicted octanol–water partition coefficient (Wildman–Crippen LogP) is 4.21. The average Bonchev–Trinajstić information content (AvgIpc) is 2.93. The van der Waals surface area contributed by atoms with Gasteiger partial charge in [0.15, 0.2) is 0 Å². The van der Waals surface area contributed by atoms with Gasteiger partial charge in [-0.25, -0.2) is 0 Å². The van der Waals surface area contributed by atoms with E-state index in [1.807, 2.05) is 31.3 Å². The zero-order chi connectivity index (χ0) is 21.1. The quantitative estimate of drug-likeness (QED) is 0.462. The first kappa shape index (κ1) is 20.9. The van der Waals surface area contributed by atoms with Gasteiger partial charge < -0.3 is 4.57 Å². The summed E-state index contributed by atoms with van der Waals surface area (Å²) in [6, 6.07) is 13.8. The molecule has 0 N–H and O–H groups in total. The molecule has 2 bridgehead atoms. The lowest BCUT2D eigenvalue weighted by Crippen LogP contribution is -2.29. The fourth-order valence-corrected chi connectivity index (χ4v) is 5.35. The Morgan fingerprint density at radius 3 is 2.53 bits per heavy atom. The minimum atomic E-state index is -0.0693. The molecule has 1 saturated heterocycles. The fourth-order valence-electron chi connectivity index (χ4n) is 5.35. The van der Waals surface area contributed by atoms with E-state index in [1.165, 1.54) is 48.1 Å². The third-order valence-electron chi connectivity index (χ3n) is 6.99. The third-order valence-corrected chi connectivity index (χ3v) is 6.99. The summed E-state index contributed by atoms with van der Waals surface area (Å²) in [6.45, 7) is 5.34. The highest BCUT2D eigenvalue weighted by molar-refractivity contribution is 5.87. The van der Waals surface area contributed by atoms with Gasteiger partial charge in [0.25, 0.3) is 5.56 Å². The molecule has 6 nitrogen and oxygen atoms in total. The van der Waals surface area contributed by atoms with Crippen molar-refractivity contribution in [3.05, 3.63) is 76.0 Å². The highest BCUT2D eigenvalue weighted by Gasteiger charge is 2.31. The standard InChI is InChI=1S/C25H25N5O.ClH/c1-16-3-6-22(27-26-16)18-9-12-30(24(31)13-18)19-4-5-20-21-15-29-10-7-17(8-11-29)25(21)28(2)23(20)14-19;/h3-6,9,12-14,17H,7-8,10-11,15H2,1-2H3;1H. The van der Waals surface area contributed by atoms with Crippen molar-refractivity contribution in [1.82, 2.24) is 24.2 Å². The SMILES string of the molecule is Cc1ccc(-c2ccn(-c3ccc4c5c(n(C)c4c3)C3CCN(CC3)C5)c(=O)c2)nn1.Cl. The van der Waals surface area contributed by atoms with Crippen LogP contribution in [0.2, 0.25) is 0 Å². The zero-order valence-corrected chi connectivity index (χ0v) is 19.1. The number of benzene rings is 1. The van der Waals surface area contributed by atoms with Crippen LogP contribution in [0.15, 0.2) is 53.5 Å². The van der Waals surface area contributed by atoms with Crippen LogP contribution in [-0.4, -0.2) is 37.3 Å². The minimum absolute atomic E-state index is 0. The Balaban J connectivity index is 0.00000216. The lowest BCUT2D eigenvalue weighted by atomic mass is 9.94. The van der Waals surface area contributed by atoms with Gasteiger partial charge in [0.1, 0.15) is 0 Å². The van der Waals surface area contributed by atoms with Gasteiger partial charge in [0, 0.05) is 48.4 Å². The topological polar surface area (TPSA) is 56.0 Å². The molecule has 1 aromatic carbocycles. The molecule has 0 unspecified atom stereocenters. The van der Waals surface area contributed by atoms with Crippen LogP contribution in [0.25, 0.3) is 27.8 Å². The van der Waals surface area contributed by atoms with E-state index in [0.29, 0.717) is 11.6 Å². The number of nitrogens with zero attached hydrogens (tertiary/aromatic N) is 5. The normalized spacial score (nSPS) is 19.4. The van der Waals surface area contributed by atoms with Crippen LogP contribution >= 0.6 is 12.4 Å². The fraction of sp³-hybridized carbons (Fsp3) is 0.320. The maximum absolute atomic E-state index is 12.9. The van der Waals surface area contributed by atoms with Crippen molar-refractivity contribution in [2.75, 3.05) is 13.1 Å². The number of rotatable bonds is 2. The number of piperidine rings is 1. The summed E-state index contributed by atoms with van der Waals surface area (Å²) in [5, 5.41) is 9.62. The van der Waals surface area contributed by atoms with E-state index < -0.39 is 0 Å². The van der Waals surface area contributed by atoms with Gasteiger partial charge in [0.05, 0.1) is 22.6 Å². The van der Waals surface area contributed by atoms with Gasteiger partial charge in [-0.2, -0.15) is 10.2 Å². The largest absolute Gasteiger partial charge is 0.347 e. The molecule has 4 aromatic rings. The van der Waals surface area contributed by atoms with Gasteiger partial charge in [-0.1, -0.05) is 6.07 Å². The first-order valence-corrected chi connectivity index (χ1v) is 11.0. The summed E-state index contributed by atoms with van der Waals surface area (Å²) < 4.78 is 4.08. The Kier molecular flexibility index (Phi) is 5.14. The Hall–Kier alpha value is -2.96. The molecule has 0 spiro atoms. The van der Waals surface area contributed by atoms with Crippen LogP contribution < -0.4 is 5.56 Å². The van der Waals surface area contributed by atoms with Gasteiger partial charge in [0.2, 0.25) is 0 Å². The summed E-state index contributed by atoms with van der Waals surface area (Å²) in [7, 11) is 2.18. The van der Waals surface area contributed by atoms with Crippen molar-refractivity contribution in [3.63, 3.8) is 0 Å². The molecule has 1 fully saturated rings. The second kappa shape index (κ2) is 7.87. The maximum atomic E-state index is 12.9. The van der Waals surface area contributed by atoms with Crippen LogP contribution in [0.3, 0.4) is 0 Å². The van der Waals surface area contributed by atoms with Crippen LogP contribution in [0.5, 0.6) is 0 Å². The lowest BCUT2D eigenvalue weighted by Gasteiger charge is -2.27. The number of halogens is 1. The highest BCUT2D eigenvalue weighted by Crippen LogP contribution is 2.40. The molecule has 0 saturated carbocycles. The summed E-state index contributed by atoms with van der Waals surface area (Å²) in [5.74, 6) is 0.646. The summed E-state index contributed by atoms with van der Waals surface area (Å²) in [6.07, 6.45) is 4.32. The average molecular weight is 448 g/mol. The Morgan fingerprint density at radius 1 is 1.00 bits per heavy atom. The zero-order valence-electron chi connectivity index (χ0n) is 18.3. The molecule has 3 aliphatic heterocycles. The van der Waals surface area contributed by atoms with E-state index in [1.54, 1.807) is 10.6 Å². The minimum Gasteiger partial charge on any atom is -0.347 e. The number of aryl methyl sites for hydroxylation is 2. The molecule has 32 heavy (non-hydrogen) atoms. The van der Waals surface area contributed by atoms with E-state index in [2.05, 4.69) is 44.9 Å². The summed E-state index contributed by atoms with van der Waals surface area (Å²) in [4.78, 5) is 15.5. The van der Waals surface area contributed by atoms with Crippen molar-refractivity contribution in [1.29, 1.82) is 0 Å². The first-order valence-electron chi connectivity index (χ1n) is 11.0. The van der Waals surface area contributed by atoms with E-state index in [-0.39, 0.29) is 18.0 Å². The maximum Gasteiger partial charge on any atom is 0.255 e. The van der Waals surface area contributed by atoms with Gasteiger partial charge >= 0.3 is 0 Å². The lowest BCUT2D eigenvalue weighted by molar-refractivity contribution is 0.220. The molecular weight excluding hydrogens is 422 g/mol. The molecule has 0 radical (unpaired) electrons. The van der Waals surface area contributed by atoms with Crippen molar-refractivity contribution < 1.29 is 0 Å². The monoisotopic (exact) mass is 447 g/mol. The van der Waals surface area contributed by atoms with Crippen molar-refractivity contribution in [3.8, 4) is 16.9 Å². The third kappa shape index (κ3) is 3.26. The molecule has 164 valence electrons. The Labute approximate surface area is 192 Å². The molecule has 0 atom stereocenters. The molecule has 7 rings (SSSR count). The highest BCUT2D eigenvalue weighted by atomic mass is 35.5. The molecule has 6 heterocycles. The first-order chi connectivity index (χ1) is 15.1. The van der Waals surface area contributed by atoms with Crippen molar-refractivity contribution in [2.24, 2.45) is 7.05 Å². The smallest absolute Gasteiger partial charge is 0.255 e. The van der Waals surface area contributed by atoms with Gasteiger partial charge in [-0.05, 0) is 68.8 Å². The Bertz CT molecular complexity index is 1360. The second-order valence-corrected chi connectivity index (χ2v) is 8.86. The second-order valence-electron chi connectivity index (χ2n) is 8.86. The number of hydrogen-bond donors (Lipinski definition) is 0. The molecule has 0 amide bonds. The van der Waals surface area contributed by atoms with Crippen LogP contribution in [0, 0.1) is 6.92 Å². The van der Waals surface area contributed by atoms with Crippen molar-refractivity contribution in [2.45, 2.75) is 32.2 Å². The summed E-state index contributed by atoms with van der Waals surface area (Å²) >= 11 is 0. The number of fused-ring (bicyclic) bond motifs is 3. The van der Waals surface area contributed by atoms with Crippen LogP contribution in [0.4, 0.5) is 0 Å². The number of pyridine rings is 1. The van der Waals surface area contributed by atoms with E-state index in [0.717, 1.165) is 23.5 Å². The van der Waals surface area contributed by atoms with Crippen molar-refractivity contribution >= 4 is 23.3 Å². The molecular formula is C25H26ClN5O. The van der Waals surface area contributed by atoms with E-state index in [4.69, 9.17) is 0 Å². The Morgan fingerprint density at radius 2 is 1.81 bits per heavy atom. The van der Waals surface area contributed by atoms with Crippen LogP contribution in [0.1, 0.15) is 35.7 Å². The van der Waals surface area contributed by atoms with Gasteiger partial charge in [-0.3, -0.25) is 14.3 Å². The number of aromatic nitrogens is 4. The summed E-state index contributed by atoms with van der Waals surface area (Å²) in [5.41, 5.74) is 7.35. The van der Waals surface area contributed by atoms with Gasteiger partial charge in [-0.15, -0.1) is 12.4 Å². The predicted molar refractivity (Wildman–Crippen MR) is 129 cm³/mol. The molecule has 7 heteroatoms. The molecule has 0 aliphatic carbocycles. The van der Waals surface area contributed by atoms with E-state index in [9.17, 15) is 4.79 Å². The molecule has 3 aliphatic rings. The van der Waals surface area contributed by atoms with E-state index >= 15 is 0 Å². The molecule has 3 aromatic heterocycles. The van der Waals surface area contributed by atoms with Crippen LogP contribution in [-0.2, 0) is 13.6 Å². The number of hydrogen-bond acceptors (Lipinski definition) is 4.